The lowest BCUT2D eigenvalue weighted by Gasteiger charge is -2.16. The monoisotopic (exact) mass is 286 g/mol. The van der Waals surface area contributed by atoms with Crippen LogP contribution in [0.3, 0.4) is 0 Å². The molecule has 2 unspecified atom stereocenters. The Morgan fingerprint density at radius 3 is 2.68 bits per heavy atom. The van der Waals surface area contributed by atoms with Crippen LogP contribution in [0.15, 0.2) is 6.20 Å². The second-order valence-electron chi connectivity index (χ2n) is 5.23. The highest BCUT2D eigenvalue weighted by Gasteiger charge is 2.12. The summed E-state index contributed by atoms with van der Waals surface area (Å²) in [4.78, 5) is 5.69. The van der Waals surface area contributed by atoms with Crippen LogP contribution in [0.2, 0.25) is 0 Å². The van der Waals surface area contributed by atoms with Crippen LogP contribution in [-0.2, 0) is 11.2 Å². The van der Waals surface area contributed by atoms with E-state index >= 15 is 0 Å². The third-order valence-corrected chi connectivity index (χ3v) is 4.04. The molecule has 0 aromatic carbocycles. The molecule has 110 valence electrons. The van der Waals surface area contributed by atoms with E-state index in [4.69, 9.17) is 4.74 Å². The summed E-state index contributed by atoms with van der Waals surface area (Å²) in [7, 11) is 0. The van der Waals surface area contributed by atoms with Gasteiger partial charge in [0.05, 0.1) is 18.8 Å². The fraction of sp³-hybridized carbons (Fsp3) is 0.786. The van der Waals surface area contributed by atoms with Crippen molar-refractivity contribution in [3.63, 3.8) is 0 Å². The first-order chi connectivity index (χ1) is 9.02. The van der Waals surface area contributed by atoms with Crippen LogP contribution >= 0.6 is 11.3 Å². The summed E-state index contributed by atoms with van der Waals surface area (Å²) in [6.07, 6.45) is 2.49. The van der Waals surface area contributed by atoms with E-state index in [1.54, 1.807) is 11.3 Å². The number of rotatable bonds is 9. The number of thiazole rings is 1. The Balaban J connectivity index is 2.23. The molecule has 0 aliphatic carbocycles. The van der Waals surface area contributed by atoms with Crippen molar-refractivity contribution in [2.24, 2.45) is 5.92 Å². The molecular weight excluding hydrogens is 260 g/mol. The lowest BCUT2D eigenvalue weighted by Crippen LogP contribution is -2.32. The van der Waals surface area contributed by atoms with Crippen LogP contribution < -0.4 is 5.32 Å². The molecule has 0 aliphatic heterocycles. The van der Waals surface area contributed by atoms with Crippen LogP contribution in [0.25, 0.3) is 0 Å². The number of nitrogens with zero attached hydrogens (tertiary/aromatic N) is 1. The van der Waals surface area contributed by atoms with Gasteiger partial charge < -0.3 is 15.2 Å². The van der Waals surface area contributed by atoms with E-state index in [1.807, 2.05) is 6.20 Å². The summed E-state index contributed by atoms with van der Waals surface area (Å²) >= 11 is 1.73. The first-order valence-corrected chi connectivity index (χ1v) is 7.78. The van der Waals surface area contributed by atoms with E-state index in [1.165, 1.54) is 4.88 Å². The number of aliphatic hydroxyl groups excluding tert-OH is 1. The van der Waals surface area contributed by atoms with Crippen molar-refractivity contribution in [3.05, 3.63) is 16.1 Å². The van der Waals surface area contributed by atoms with Crippen LogP contribution in [-0.4, -0.2) is 36.0 Å². The number of aromatic nitrogens is 1. The molecule has 0 saturated carbocycles. The SMILES string of the molecule is CCc1cnc(C(C)NCC(O)COCC(C)C)s1. The first kappa shape index (κ1) is 16.6. The maximum Gasteiger partial charge on any atom is 0.109 e. The molecule has 2 atom stereocenters. The average molecular weight is 286 g/mol. The van der Waals surface area contributed by atoms with Gasteiger partial charge in [-0.3, -0.25) is 0 Å². The quantitative estimate of drug-likeness (QED) is 0.732. The van der Waals surface area contributed by atoms with Crippen molar-refractivity contribution in [2.45, 2.75) is 46.3 Å². The lowest BCUT2D eigenvalue weighted by molar-refractivity contribution is 0.0252. The fourth-order valence-corrected chi connectivity index (χ4v) is 2.47. The standard InChI is InChI=1S/C14H26N2O2S/c1-5-13-7-16-14(19-13)11(4)15-6-12(17)9-18-8-10(2)3/h7,10-12,15,17H,5-6,8-9H2,1-4H3. The Bertz CT molecular complexity index is 355. The minimum absolute atomic E-state index is 0.171. The van der Waals surface area contributed by atoms with Crippen LogP contribution in [0, 0.1) is 5.92 Å². The summed E-state index contributed by atoms with van der Waals surface area (Å²) < 4.78 is 5.41. The van der Waals surface area contributed by atoms with Gasteiger partial charge in [-0.2, -0.15) is 0 Å². The summed E-state index contributed by atoms with van der Waals surface area (Å²) in [5.74, 6) is 0.502. The third kappa shape index (κ3) is 6.47. The maximum absolute atomic E-state index is 9.80. The zero-order valence-corrected chi connectivity index (χ0v) is 13.2. The van der Waals surface area contributed by atoms with Gasteiger partial charge >= 0.3 is 0 Å². The normalized spacial score (nSPS) is 14.8. The Labute approximate surface area is 120 Å². The predicted molar refractivity (Wildman–Crippen MR) is 79.6 cm³/mol. The van der Waals surface area contributed by atoms with Crippen molar-refractivity contribution in [3.8, 4) is 0 Å². The van der Waals surface area contributed by atoms with Gasteiger partial charge in [0.2, 0.25) is 0 Å². The van der Waals surface area contributed by atoms with Gasteiger partial charge in [-0.15, -0.1) is 11.3 Å². The molecule has 0 fully saturated rings. The zero-order chi connectivity index (χ0) is 14.3. The summed E-state index contributed by atoms with van der Waals surface area (Å²) in [6.45, 7) is 10.0. The smallest absolute Gasteiger partial charge is 0.109 e. The summed E-state index contributed by atoms with van der Waals surface area (Å²) in [5, 5.41) is 14.2. The molecule has 1 rings (SSSR count). The van der Waals surface area contributed by atoms with E-state index in [9.17, 15) is 5.11 Å². The van der Waals surface area contributed by atoms with E-state index in [0.717, 1.165) is 11.4 Å². The minimum atomic E-state index is -0.466. The fourth-order valence-electron chi connectivity index (χ4n) is 1.59. The third-order valence-electron chi connectivity index (χ3n) is 2.71. The molecule has 19 heavy (non-hydrogen) atoms. The highest BCUT2D eigenvalue weighted by Crippen LogP contribution is 2.19. The second kappa shape index (κ2) is 8.64. The molecule has 1 heterocycles. The van der Waals surface area contributed by atoms with Crippen LogP contribution in [0.5, 0.6) is 0 Å². The van der Waals surface area contributed by atoms with Crippen molar-refractivity contribution < 1.29 is 9.84 Å². The number of hydrogen-bond donors (Lipinski definition) is 2. The van der Waals surface area contributed by atoms with Gasteiger partial charge in [0.15, 0.2) is 0 Å². The zero-order valence-electron chi connectivity index (χ0n) is 12.3. The van der Waals surface area contributed by atoms with Crippen molar-refractivity contribution >= 4 is 11.3 Å². The van der Waals surface area contributed by atoms with Crippen molar-refractivity contribution in [2.75, 3.05) is 19.8 Å². The number of nitrogens with one attached hydrogen (secondary N) is 1. The van der Waals surface area contributed by atoms with Gasteiger partial charge in [0.25, 0.3) is 0 Å². The molecule has 0 bridgehead atoms. The van der Waals surface area contributed by atoms with Crippen LogP contribution in [0.1, 0.15) is 43.6 Å². The van der Waals surface area contributed by atoms with E-state index in [0.29, 0.717) is 25.7 Å². The topological polar surface area (TPSA) is 54.4 Å². The number of aryl methyl sites for hydroxylation is 1. The Kier molecular flexibility index (Phi) is 7.53. The Morgan fingerprint density at radius 2 is 2.11 bits per heavy atom. The van der Waals surface area contributed by atoms with E-state index in [2.05, 4.69) is 38.0 Å². The van der Waals surface area contributed by atoms with Gasteiger partial charge in [0, 0.05) is 24.2 Å². The van der Waals surface area contributed by atoms with Gasteiger partial charge in [-0.1, -0.05) is 20.8 Å². The number of aliphatic hydroxyl groups is 1. The second-order valence-corrected chi connectivity index (χ2v) is 6.38. The molecule has 1 aromatic heterocycles. The molecule has 0 spiro atoms. The van der Waals surface area contributed by atoms with E-state index in [-0.39, 0.29) is 6.04 Å². The minimum Gasteiger partial charge on any atom is -0.389 e. The summed E-state index contributed by atoms with van der Waals surface area (Å²) in [6, 6.07) is 0.171. The number of ether oxygens (including phenoxy) is 1. The molecule has 0 saturated heterocycles. The van der Waals surface area contributed by atoms with Crippen molar-refractivity contribution in [1.29, 1.82) is 0 Å². The average Bonchev–Trinajstić information content (AvgIpc) is 2.84. The highest BCUT2D eigenvalue weighted by atomic mass is 32.1. The largest absolute Gasteiger partial charge is 0.389 e. The van der Waals surface area contributed by atoms with E-state index < -0.39 is 6.10 Å². The van der Waals surface area contributed by atoms with Crippen molar-refractivity contribution in [1.82, 2.24) is 10.3 Å². The highest BCUT2D eigenvalue weighted by molar-refractivity contribution is 7.11. The molecule has 0 radical (unpaired) electrons. The molecule has 0 aliphatic rings. The molecule has 5 heteroatoms. The molecule has 2 N–H and O–H groups in total. The Morgan fingerprint density at radius 1 is 1.37 bits per heavy atom. The maximum atomic E-state index is 9.80. The summed E-state index contributed by atoms with van der Waals surface area (Å²) in [5.41, 5.74) is 0. The first-order valence-electron chi connectivity index (χ1n) is 6.96. The molecule has 4 nitrogen and oxygen atoms in total. The van der Waals surface area contributed by atoms with Gasteiger partial charge in [0.1, 0.15) is 5.01 Å². The number of hydrogen-bond acceptors (Lipinski definition) is 5. The van der Waals surface area contributed by atoms with Gasteiger partial charge in [-0.05, 0) is 19.3 Å². The van der Waals surface area contributed by atoms with Gasteiger partial charge in [-0.25, -0.2) is 4.98 Å². The lowest BCUT2D eigenvalue weighted by atomic mass is 10.2. The Hall–Kier alpha value is -0.490. The molecule has 1 aromatic rings. The molecular formula is C14H26N2O2S. The molecule has 0 amide bonds. The predicted octanol–water partition coefficient (Wildman–Crippen LogP) is 2.39. The van der Waals surface area contributed by atoms with Crippen LogP contribution in [0.4, 0.5) is 0 Å².